The second-order valence-electron chi connectivity index (χ2n) is 2.41. The van der Waals surface area contributed by atoms with Gasteiger partial charge < -0.3 is 9.84 Å². The van der Waals surface area contributed by atoms with E-state index in [2.05, 4.69) is 22.6 Å². The van der Waals surface area contributed by atoms with E-state index in [0.717, 1.165) is 9.13 Å². The molecule has 3 nitrogen and oxygen atoms in total. The monoisotopic (exact) mass is 289 g/mol. The smallest absolute Gasteiger partial charge is 0.137 e. The number of ether oxygens (including phenoxy) is 1. The van der Waals surface area contributed by atoms with Gasteiger partial charge in [-0.1, -0.05) is 0 Å². The summed E-state index contributed by atoms with van der Waals surface area (Å²) in [6, 6.07) is 5.41. The van der Waals surface area contributed by atoms with Gasteiger partial charge in [0.1, 0.15) is 11.8 Å². The Kier molecular flexibility index (Phi) is 3.51. The second kappa shape index (κ2) is 4.44. The maximum Gasteiger partial charge on any atom is 0.137 e. The molecule has 0 saturated heterocycles. The van der Waals surface area contributed by atoms with Crippen molar-refractivity contribution < 1.29 is 9.84 Å². The first kappa shape index (κ1) is 10.3. The normalized spacial score (nSPS) is 9.38. The van der Waals surface area contributed by atoms with Crippen LogP contribution in [-0.4, -0.2) is 12.2 Å². The summed E-state index contributed by atoms with van der Waals surface area (Å²) in [7, 11) is 1.50. The Morgan fingerprint density at radius 3 is 2.77 bits per heavy atom. The van der Waals surface area contributed by atoms with E-state index in [4.69, 9.17) is 15.1 Å². The Morgan fingerprint density at radius 1 is 1.62 bits per heavy atom. The summed E-state index contributed by atoms with van der Waals surface area (Å²) in [5.74, 6) is 0.506. The van der Waals surface area contributed by atoms with Crippen molar-refractivity contribution in [2.75, 3.05) is 7.11 Å². The fourth-order valence-electron chi connectivity index (χ4n) is 0.973. The fourth-order valence-corrected chi connectivity index (χ4v) is 1.61. The van der Waals surface area contributed by atoms with Crippen molar-refractivity contribution in [2.24, 2.45) is 0 Å². The van der Waals surface area contributed by atoms with Gasteiger partial charge in [0, 0.05) is 3.57 Å². The maximum absolute atomic E-state index is 8.96. The van der Waals surface area contributed by atoms with E-state index in [1.54, 1.807) is 12.1 Å². The largest absolute Gasteiger partial charge is 0.495 e. The van der Waals surface area contributed by atoms with Crippen molar-refractivity contribution in [3.8, 4) is 11.8 Å². The molecule has 1 aromatic carbocycles. The van der Waals surface area contributed by atoms with Crippen molar-refractivity contribution in [2.45, 2.75) is 6.61 Å². The van der Waals surface area contributed by atoms with Crippen molar-refractivity contribution >= 4 is 22.6 Å². The summed E-state index contributed by atoms with van der Waals surface area (Å²) < 4.78 is 5.87. The van der Waals surface area contributed by atoms with Crippen LogP contribution in [0.3, 0.4) is 0 Å². The van der Waals surface area contributed by atoms with Crippen LogP contribution >= 0.6 is 22.6 Å². The van der Waals surface area contributed by atoms with Gasteiger partial charge in [0.15, 0.2) is 0 Å². The number of hydrogen-bond donors (Lipinski definition) is 1. The van der Waals surface area contributed by atoms with Gasteiger partial charge >= 0.3 is 0 Å². The highest BCUT2D eigenvalue weighted by Gasteiger charge is 2.07. The van der Waals surface area contributed by atoms with Crippen molar-refractivity contribution in [1.29, 1.82) is 5.26 Å². The van der Waals surface area contributed by atoms with Crippen LogP contribution in [0.5, 0.6) is 5.75 Å². The Morgan fingerprint density at radius 2 is 2.31 bits per heavy atom. The zero-order chi connectivity index (χ0) is 9.84. The molecule has 0 fully saturated rings. The van der Waals surface area contributed by atoms with E-state index >= 15 is 0 Å². The number of nitriles is 1. The summed E-state index contributed by atoms with van der Waals surface area (Å²) in [6.45, 7) is -0.0413. The number of aliphatic hydroxyl groups excluding tert-OH is 1. The molecule has 0 unspecified atom stereocenters. The lowest BCUT2D eigenvalue weighted by atomic mass is 10.1. The molecular weight excluding hydrogens is 281 g/mol. The molecular formula is C9H8INO2. The summed E-state index contributed by atoms with van der Waals surface area (Å²) in [4.78, 5) is 0. The highest BCUT2D eigenvalue weighted by molar-refractivity contribution is 14.1. The van der Waals surface area contributed by atoms with Gasteiger partial charge in [-0.3, -0.25) is 0 Å². The van der Waals surface area contributed by atoms with Gasteiger partial charge in [0.05, 0.1) is 19.3 Å². The quantitative estimate of drug-likeness (QED) is 0.842. The van der Waals surface area contributed by atoms with Crippen LogP contribution in [0.25, 0.3) is 0 Å². The zero-order valence-electron chi connectivity index (χ0n) is 7.04. The Balaban J connectivity index is 3.28. The molecule has 1 rings (SSSR count). The Bertz CT molecular complexity index is 357. The maximum atomic E-state index is 8.96. The minimum Gasteiger partial charge on any atom is -0.495 e. The number of aliphatic hydroxyl groups is 1. The highest BCUT2D eigenvalue weighted by atomic mass is 127. The molecule has 0 radical (unpaired) electrons. The Hall–Kier alpha value is -0.800. The zero-order valence-corrected chi connectivity index (χ0v) is 9.20. The van der Waals surface area contributed by atoms with E-state index in [0.29, 0.717) is 11.3 Å². The highest BCUT2D eigenvalue weighted by Crippen LogP contribution is 2.24. The summed E-state index contributed by atoms with van der Waals surface area (Å²) in [5, 5.41) is 17.7. The number of hydrogen-bond acceptors (Lipinski definition) is 3. The molecule has 13 heavy (non-hydrogen) atoms. The lowest BCUT2D eigenvalue weighted by Gasteiger charge is -2.06. The topological polar surface area (TPSA) is 53.2 Å². The minimum atomic E-state index is -0.0413. The first-order chi connectivity index (χ1) is 6.22. The van der Waals surface area contributed by atoms with Crippen LogP contribution in [0.1, 0.15) is 11.1 Å². The van der Waals surface area contributed by atoms with Gasteiger partial charge in [-0.2, -0.15) is 5.26 Å². The summed E-state index contributed by atoms with van der Waals surface area (Å²) >= 11 is 2.08. The summed E-state index contributed by atoms with van der Waals surface area (Å²) in [5.41, 5.74) is 1.26. The van der Waals surface area contributed by atoms with Gasteiger partial charge in [-0.05, 0) is 40.3 Å². The molecule has 0 aromatic heterocycles. The van der Waals surface area contributed by atoms with Crippen LogP contribution in [-0.2, 0) is 6.61 Å². The first-order valence-electron chi connectivity index (χ1n) is 3.60. The average Bonchev–Trinajstić information content (AvgIpc) is 2.17. The molecule has 0 bridgehead atoms. The van der Waals surface area contributed by atoms with Crippen LogP contribution in [0, 0.1) is 14.9 Å². The van der Waals surface area contributed by atoms with Crippen molar-refractivity contribution in [1.82, 2.24) is 0 Å². The van der Waals surface area contributed by atoms with Crippen molar-refractivity contribution in [3.63, 3.8) is 0 Å². The molecule has 0 aliphatic rings. The molecule has 0 aliphatic carbocycles. The van der Waals surface area contributed by atoms with Gasteiger partial charge in [0.2, 0.25) is 0 Å². The van der Waals surface area contributed by atoms with Crippen molar-refractivity contribution in [3.05, 3.63) is 26.8 Å². The molecule has 0 atom stereocenters. The molecule has 4 heteroatoms. The average molecular weight is 289 g/mol. The molecule has 0 aliphatic heterocycles. The predicted octanol–water partition coefficient (Wildman–Crippen LogP) is 1.66. The van der Waals surface area contributed by atoms with E-state index in [9.17, 15) is 0 Å². The molecule has 0 saturated carbocycles. The number of methoxy groups -OCH3 is 1. The minimum absolute atomic E-state index is 0.0413. The third-order valence-corrected chi connectivity index (χ3v) is 2.66. The molecule has 0 spiro atoms. The lowest BCUT2D eigenvalue weighted by molar-refractivity contribution is 0.280. The third kappa shape index (κ3) is 2.11. The van der Waals surface area contributed by atoms with Crippen LogP contribution < -0.4 is 4.74 Å². The SMILES string of the molecule is COc1cc(CO)c(I)cc1C#N. The van der Waals surface area contributed by atoms with Crippen LogP contribution in [0.4, 0.5) is 0 Å². The van der Waals surface area contributed by atoms with Gasteiger partial charge in [0.25, 0.3) is 0 Å². The van der Waals surface area contributed by atoms with Gasteiger partial charge in [-0.25, -0.2) is 0 Å². The predicted molar refractivity (Wildman–Crippen MR) is 56.3 cm³/mol. The number of halogens is 1. The molecule has 0 heterocycles. The third-order valence-electron chi connectivity index (χ3n) is 1.66. The van der Waals surface area contributed by atoms with Gasteiger partial charge in [-0.15, -0.1) is 0 Å². The van der Waals surface area contributed by atoms with E-state index in [1.807, 2.05) is 6.07 Å². The van der Waals surface area contributed by atoms with E-state index in [1.165, 1.54) is 7.11 Å². The molecule has 68 valence electrons. The van der Waals surface area contributed by atoms with E-state index < -0.39 is 0 Å². The number of benzene rings is 1. The first-order valence-corrected chi connectivity index (χ1v) is 4.68. The number of rotatable bonds is 2. The Labute approximate surface area is 90.1 Å². The van der Waals surface area contributed by atoms with E-state index in [-0.39, 0.29) is 6.61 Å². The number of nitrogens with zero attached hydrogens (tertiary/aromatic N) is 1. The fraction of sp³-hybridized carbons (Fsp3) is 0.222. The second-order valence-corrected chi connectivity index (χ2v) is 3.58. The lowest BCUT2D eigenvalue weighted by Crippen LogP contribution is -1.94. The molecule has 1 aromatic rings. The van der Waals surface area contributed by atoms with Crippen LogP contribution in [0.15, 0.2) is 12.1 Å². The summed E-state index contributed by atoms with van der Waals surface area (Å²) in [6.07, 6.45) is 0. The van der Waals surface area contributed by atoms with Crippen LogP contribution in [0.2, 0.25) is 0 Å². The standard InChI is InChI=1S/C9H8INO2/c1-13-9-3-7(5-12)8(10)2-6(9)4-11/h2-3,12H,5H2,1H3. The molecule has 1 N–H and O–H groups in total. The molecule has 0 amide bonds.